The van der Waals surface area contributed by atoms with Gasteiger partial charge in [0.25, 0.3) is 0 Å². The number of hydrogen-bond donors (Lipinski definition) is 3. The van der Waals surface area contributed by atoms with Crippen molar-refractivity contribution in [2.24, 2.45) is 0 Å². The number of aliphatic hydroxyl groups is 1. The number of hydrogen-bond acceptors (Lipinski definition) is 3. The van der Waals surface area contributed by atoms with E-state index in [1.165, 1.54) is 6.20 Å². The zero-order chi connectivity index (χ0) is 17.0. The maximum absolute atomic E-state index is 12.0. The Hall–Kier alpha value is -2.11. The van der Waals surface area contributed by atoms with Gasteiger partial charge in [-0.15, -0.1) is 0 Å². The summed E-state index contributed by atoms with van der Waals surface area (Å²) in [6.07, 6.45) is 4.06. The molecule has 1 atom stereocenters. The highest BCUT2D eigenvalue weighted by Gasteiger charge is 2.34. The van der Waals surface area contributed by atoms with E-state index in [0.717, 1.165) is 29.7 Å². The molecule has 24 heavy (non-hydrogen) atoms. The molecule has 0 radical (unpaired) electrons. The van der Waals surface area contributed by atoms with Crippen molar-refractivity contribution in [3.8, 4) is 0 Å². The van der Waals surface area contributed by atoms with Crippen LogP contribution in [0.5, 0.6) is 0 Å². The van der Waals surface area contributed by atoms with Crippen LogP contribution in [0.4, 0.5) is 4.79 Å². The number of fused-ring (bicyclic) bond motifs is 1. The summed E-state index contributed by atoms with van der Waals surface area (Å²) in [6.45, 7) is 0.488. The highest BCUT2D eigenvalue weighted by Crippen LogP contribution is 2.34. The summed E-state index contributed by atoms with van der Waals surface area (Å²) in [5, 5.41) is 17.0. The first-order chi connectivity index (χ1) is 11.6. The van der Waals surface area contributed by atoms with E-state index in [1.54, 1.807) is 12.1 Å². The summed E-state index contributed by atoms with van der Waals surface area (Å²) in [5.41, 5.74) is 1.77. The molecule has 6 heteroatoms. The van der Waals surface area contributed by atoms with Gasteiger partial charge < -0.3 is 15.7 Å². The van der Waals surface area contributed by atoms with Crippen molar-refractivity contribution in [3.05, 3.63) is 64.4 Å². The van der Waals surface area contributed by atoms with Gasteiger partial charge in [0, 0.05) is 6.20 Å². The predicted octanol–water partition coefficient (Wildman–Crippen LogP) is 2.76. The smallest absolute Gasteiger partial charge is 0.315 e. The molecular weight excluding hydrogens is 326 g/mol. The number of urea groups is 1. The third-order valence-electron chi connectivity index (χ3n) is 4.32. The molecular formula is C18H20ClN3O2. The van der Waals surface area contributed by atoms with Crippen LogP contribution in [0.3, 0.4) is 0 Å². The van der Waals surface area contributed by atoms with E-state index in [1.807, 2.05) is 24.3 Å². The van der Waals surface area contributed by atoms with E-state index < -0.39 is 5.60 Å². The third-order valence-corrected chi connectivity index (χ3v) is 4.54. The minimum atomic E-state index is -1.01. The quantitative estimate of drug-likeness (QED) is 0.797. The van der Waals surface area contributed by atoms with Gasteiger partial charge in [0.2, 0.25) is 0 Å². The van der Waals surface area contributed by atoms with Crippen LogP contribution >= 0.6 is 11.6 Å². The van der Waals surface area contributed by atoms with Crippen LogP contribution in [-0.4, -0.2) is 22.7 Å². The Balaban J connectivity index is 1.55. The second-order valence-electron chi connectivity index (χ2n) is 6.05. The number of halogens is 1. The Kier molecular flexibility index (Phi) is 5.02. The molecule has 1 unspecified atom stereocenters. The molecule has 0 saturated heterocycles. The number of carbonyl (C=O) groups excluding carboxylic acids is 1. The van der Waals surface area contributed by atoms with Gasteiger partial charge in [-0.2, -0.15) is 0 Å². The van der Waals surface area contributed by atoms with Gasteiger partial charge in [-0.3, -0.25) is 4.98 Å². The summed E-state index contributed by atoms with van der Waals surface area (Å²) in [5.74, 6) is 0. The van der Waals surface area contributed by atoms with Gasteiger partial charge in [-0.05, 0) is 42.5 Å². The molecule has 1 heterocycles. The molecule has 0 aliphatic heterocycles. The van der Waals surface area contributed by atoms with Crippen LogP contribution in [0.2, 0.25) is 5.02 Å². The molecule has 2 amide bonds. The van der Waals surface area contributed by atoms with Crippen molar-refractivity contribution in [2.75, 3.05) is 6.54 Å². The van der Waals surface area contributed by atoms with Gasteiger partial charge >= 0.3 is 6.03 Å². The summed E-state index contributed by atoms with van der Waals surface area (Å²) < 4.78 is 0. The zero-order valence-corrected chi connectivity index (χ0v) is 14.0. The van der Waals surface area contributed by atoms with E-state index in [9.17, 15) is 9.90 Å². The second-order valence-corrected chi connectivity index (χ2v) is 6.48. The predicted molar refractivity (Wildman–Crippen MR) is 92.8 cm³/mol. The molecule has 1 aliphatic carbocycles. The molecule has 3 rings (SSSR count). The molecule has 2 aromatic rings. The number of aryl methyl sites for hydroxylation is 1. The Morgan fingerprint density at radius 3 is 2.88 bits per heavy atom. The SMILES string of the molecule is O=C(NCc1ccc(Cl)cn1)NCC1(O)CCCc2ccccc21. The van der Waals surface area contributed by atoms with Crippen molar-refractivity contribution in [1.82, 2.24) is 15.6 Å². The van der Waals surface area contributed by atoms with Crippen molar-refractivity contribution < 1.29 is 9.90 Å². The van der Waals surface area contributed by atoms with Crippen molar-refractivity contribution in [1.29, 1.82) is 0 Å². The van der Waals surface area contributed by atoms with Gasteiger partial charge in [0.1, 0.15) is 5.60 Å². The Bertz CT molecular complexity index is 720. The van der Waals surface area contributed by atoms with Gasteiger partial charge in [0.05, 0.1) is 23.8 Å². The lowest BCUT2D eigenvalue weighted by atomic mass is 9.79. The maximum Gasteiger partial charge on any atom is 0.315 e. The molecule has 126 valence electrons. The number of pyridine rings is 1. The van der Waals surface area contributed by atoms with E-state index in [-0.39, 0.29) is 12.6 Å². The monoisotopic (exact) mass is 345 g/mol. The molecule has 5 nitrogen and oxygen atoms in total. The topological polar surface area (TPSA) is 74.2 Å². The zero-order valence-electron chi connectivity index (χ0n) is 13.3. The molecule has 0 spiro atoms. The number of aromatic nitrogens is 1. The van der Waals surface area contributed by atoms with E-state index in [2.05, 4.69) is 15.6 Å². The number of nitrogens with zero attached hydrogens (tertiary/aromatic N) is 1. The highest BCUT2D eigenvalue weighted by atomic mass is 35.5. The normalized spacial score (nSPS) is 19.4. The number of nitrogens with one attached hydrogen (secondary N) is 2. The molecule has 1 aliphatic rings. The lowest BCUT2D eigenvalue weighted by Crippen LogP contribution is -2.46. The number of rotatable bonds is 4. The van der Waals surface area contributed by atoms with Crippen LogP contribution in [0.1, 0.15) is 29.7 Å². The average Bonchev–Trinajstić information content (AvgIpc) is 2.60. The van der Waals surface area contributed by atoms with Gasteiger partial charge in [-0.25, -0.2) is 4.79 Å². The fourth-order valence-corrected chi connectivity index (χ4v) is 3.16. The fourth-order valence-electron chi connectivity index (χ4n) is 3.05. The van der Waals surface area contributed by atoms with Gasteiger partial charge in [0.15, 0.2) is 0 Å². The van der Waals surface area contributed by atoms with Crippen molar-refractivity contribution in [3.63, 3.8) is 0 Å². The standard InChI is InChI=1S/C18H20ClN3O2/c19-14-7-8-15(20-10-14)11-21-17(23)22-12-18(24)9-3-5-13-4-1-2-6-16(13)18/h1-2,4,6-8,10,24H,3,5,9,11-12H2,(H2,21,22,23). The number of carbonyl (C=O) groups is 1. The molecule has 1 aromatic heterocycles. The first-order valence-electron chi connectivity index (χ1n) is 8.00. The third kappa shape index (κ3) is 3.86. The van der Waals surface area contributed by atoms with Crippen LogP contribution in [0.15, 0.2) is 42.6 Å². The van der Waals surface area contributed by atoms with Crippen LogP contribution in [-0.2, 0) is 18.6 Å². The lowest BCUT2D eigenvalue weighted by molar-refractivity contribution is 0.0217. The Morgan fingerprint density at radius 2 is 2.08 bits per heavy atom. The Morgan fingerprint density at radius 1 is 1.25 bits per heavy atom. The maximum atomic E-state index is 12.0. The summed E-state index contributed by atoms with van der Waals surface area (Å²) in [7, 11) is 0. The molecule has 1 aromatic carbocycles. The Labute approximate surface area is 146 Å². The lowest BCUT2D eigenvalue weighted by Gasteiger charge is -2.34. The highest BCUT2D eigenvalue weighted by molar-refractivity contribution is 6.30. The average molecular weight is 346 g/mol. The van der Waals surface area contributed by atoms with Gasteiger partial charge in [-0.1, -0.05) is 35.9 Å². The molecule has 3 N–H and O–H groups in total. The fraction of sp³-hybridized carbons (Fsp3) is 0.333. The summed E-state index contributed by atoms with van der Waals surface area (Å²) in [6, 6.07) is 11.0. The van der Waals surface area contributed by atoms with E-state index >= 15 is 0 Å². The molecule has 0 saturated carbocycles. The van der Waals surface area contributed by atoms with Crippen molar-refractivity contribution >= 4 is 17.6 Å². The van der Waals surface area contributed by atoms with Crippen molar-refractivity contribution in [2.45, 2.75) is 31.4 Å². The number of amides is 2. The van der Waals surface area contributed by atoms with Crippen LogP contribution < -0.4 is 10.6 Å². The summed E-state index contributed by atoms with van der Waals surface area (Å²) in [4.78, 5) is 16.1. The van der Waals surface area contributed by atoms with E-state index in [0.29, 0.717) is 18.0 Å². The second kappa shape index (κ2) is 7.20. The first kappa shape index (κ1) is 16.7. The summed E-state index contributed by atoms with van der Waals surface area (Å²) >= 11 is 5.78. The molecule has 0 bridgehead atoms. The van der Waals surface area contributed by atoms with Crippen LogP contribution in [0.25, 0.3) is 0 Å². The first-order valence-corrected chi connectivity index (χ1v) is 8.37. The molecule has 0 fully saturated rings. The van der Waals surface area contributed by atoms with Crippen LogP contribution in [0, 0.1) is 0 Å². The number of benzene rings is 1. The minimum absolute atomic E-state index is 0.184. The van der Waals surface area contributed by atoms with E-state index in [4.69, 9.17) is 11.6 Å². The minimum Gasteiger partial charge on any atom is -0.383 e. The largest absolute Gasteiger partial charge is 0.383 e.